The van der Waals surface area contributed by atoms with Crippen LogP contribution in [0.4, 0.5) is 5.69 Å². The maximum Gasteiger partial charge on any atom is 0.226 e. The van der Waals surface area contributed by atoms with E-state index in [0.717, 1.165) is 25.1 Å². The van der Waals surface area contributed by atoms with Gasteiger partial charge in [0.15, 0.2) is 0 Å². The highest BCUT2D eigenvalue weighted by Gasteiger charge is 2.39. The minimum Gasteiger partial charge on any atom is -0.399 e. The molecule has 1 amide bonds. The van der Waals surface area contributed by atoms with E-state index in [1.807, 2.05) is 24.3 Å². The van der Waals surface area contributed by atoms with Crippen molar-refractivity contribution in [3.63, 3.8) is 0 Å². The molecule has 0 heterocycles. The van der Waals surface area contributed by atoms with E-state index >= 15 is 0 Å². The molecular formula is C14H18N2O. The third-order valence-electron chi connectivity index (χ3n) is 3.53. The number of nitrogen functional groups attached to an aromatic ring is 1. The Labute approximate surface area is 102 Å². The van der Waals surface area contributed by atoms with Gasteiger partial charge in [0, 0.05) is 24.2 Å². The first-order valence-corrected chi connectivity index (χ1v) is 6.39. The maximum atomic E-state index is 12.2. The lowest BCUT2D eigenvalue weighted by atomic mass is 10.2. The van der Waals surface area contributed by atoms with Crippen LogP contribution in [0.2, 0.25) is 0 Å². The Balaban J connectivity index is 1.71. The van der Waals surface area contributed by atoms with Crippen molar-refractivity contribution in [3.8, 4) is 0 Å². The summed E-state index contributed by atoms with van der Waals surface area (Å²) in [5.74, 6) is 0.689. The van der Waals surface area contributed by atoms with Crippen molar-refractivity contribution in [3.05, 3.63) is 29.8 Å². The van der Waals surface area contributed by atoms with Gasteiger partial charge in [-0.3, -0.25) is 4.79 Å². The van der Waals surface area contributed by atoms with Crippen molar-refractivity contribution in [1.82, 2.24) is 4.90 Å². The number of anilines is 1. The van der Waals surface area contributed by atoms with Crippen LogP contribution in [0.15, 0.2) is 24.3 Å². The van der Waals surface area contributed by atoms with E-state index in [4.69, 9.17) is 5.73 Å². The second-order valence-electron chi connectivity index (χ2n) is 5.21. The quantitative estimate of drug-likeness (QED) is 0.806. The standard InChI is InChI=1S/C14H18N2O/c15-12-5-1-10(2-6-12)9-16(13-7-8-13)14(17)11-3-4-11/h1-2,5-6,11,13H,3-4,7-9,15H2. The summed E-state index contributed by atoms with van der Waals surface area (Å²) in [6.45, 7) is 0.750. The topological polar surface area (TPSA) is 46.3 Å². The molecule has 0 atom stereocenters. The Morgan fingerprint density at radius 1 is 1.18 bits per heavy atom. The van der Waals surface area contributed by atoms with Crippen molar-refractivity contribution in [2.75, 3.05) is 5.73 Å². The van der Waals surface area contributed by atoms with E-state index in [2.05, 4.69) is 4.90 Å². The van der Waals surface area contributed by atoms with Crippen molar-refractivity contribution in [1.29, 1.82) is 0 Å². The molecule has 0 radical (unpaired) electrons. The zero-order valence-corrected chi connectivity index (χ0v) is 9.93. The summed E-state index contributed by atoms with van der Waals surface area (Å²) in [4.78, 5) is 14.2. The maximum absolute atomic E-state index is 12.2. The normalized spacial score (nSPS) is 19.1. The number of rotatable bonds is 4. The van der Waals surface area contributed by atoms with E-state index in [-0.39, 0.29) is 0 Å². The largest absolute Gasteiger partial charge is 0.399 e. The summed E-state index contributed by atoms with van der Waals surface area (Å²) in [5.41, 5.74) is 7.63. The molecule has 90 valence electrons. The zero-order chi connectivity index (χ0) is 11.8. The van der Waals surface area contributed by atoms with Gasteiger partial charge in [0.25, 0.3) is 0 Å². The van der Waals surface area contributed by atoms with E-state index < -0.39 is 0 Å². The predicted octanol–water partition coefficient (Wildman–Crippen LogP) is 2.17. The predicted molar refractivity (Wildman–Crippen MR) is 67.2 cm³/mol. The first kappa shape index (κ1) is 10.6. The Morgan fingerprint density at radius 2 is 1.82 bits per heavy atom. The lowest BCUT2D eigenvalue weighted by Gasteiger charge is -2.22. The molecule has 1 aromatic carbocycles. The molecule has 17 heavy (non-hydrogen) atoms. The van der Waals surface area contributed by atoms with Gasteiger partial charge in [0.2, 0.25) is 5.91 Å². The van der Waals surface area contributed by atoms with Crippen molar-refractivity contribution in [2.24, 2.45) is 5.92 Å². The molecule has 3 nitrogen and oxygen atoms in total. The van der Waals surface area contributed by atoms with Crippen LogP contribution in [-0.4, -0.2) is 16.8 Å². The highest BCUT2D eigenvalue weighted by molar-refractivity contribution is 5.81. The zero-order valence-electron chi connectivity index (χ0n) is 9.93. The number of amides is 1. The van der Waals surface area contributed by atoms with Gasteiger partial charge in [-0.15, -0.1) is 0 Å². The average Bonchev–Trinajstić information content (AvgIpc) is 3.18. The summed E-state index contributed by atoms with van der Waals surface area (Å²) < 4.78 is 0. The van der Waals surface area contributed by atoms with Crippen molar-refractivity contribution in [2.45, 2.75) is 38.3 Å². The van der Waals surface area contributed by atoms with Crippen LogP contribution in [0.5, 0.6) is 0 Å². The van der Waals surface area contributed by atoms with Crippen LogP contribution >= 0.6 is 0 Å². The molecule has 2 aliphatic rings. The molecule has 2 fully saturated rings. The smallest absolute Gasteiger partial charge is 0.226 e. The second kappa shape index (κ2) is 4.06. The molecule has 0 spiro atoms. The first-order valence-electron chi connectivity index (χ1n) is 6.39. The van der Waals surface area contributed by atoms with Gasteiger partial charge < -0.3 is 10.6 Å². The lowest BCUT2D eigenvalue weighted by molar-refractivity contribution is -0.133. The fourth-order valence-corrected chi connectivity index (χ4v) is 2.16. The molecule has 1 aromatic rings. The van der Waals surface area contributed by atoms with Gasteiger partial charge >= 0.3 is 0 Å². The molecular weight excluding hydrogens is 212 g/mol. The number of hydrogen-bond donors (Lipinski definition) is 1. The number of hydrogen-bond acceptors (Lipinski definition) is 2. The summed E-state index contributed by atoms with van der Waals surface area (Å²) >= 11 is 0. The molecule has 2 aliphatic carbocycles. The van der Waals surface area contributed by atoms with E-state index in [0.29, 0.717) is 17.9 Å². The average molecular weight is 230 g/mol. The highest BCUT2D eigenvalue weighted by atomic mass is 16.2. The number of nitrogens with zero attached hydrogens (tertiary/aromatic N) is 1. The van der Waals surface area contributed by atoms with Crippen molar-refractivity contribution < 1.29 is 4.79 Å². The number of carbonyl (C=O) groups excluding carboxylic acids is 1. The number of carbonyl (C=O) groups is 1. The molecule has 0 aromatic heterocycles. The fraction of sp³-hybridized carbons (Fsp3) is 0.500. The monoisotopic (exact) mass is 230 g/mol. The Morgan fingerprint density at radius 3 is 2.35 bits per heavy atom. The minimum atomic E-state index is 0.324. The van der Waals surface area contributed by atoms with Gasteiger partial charge in [-0.05, 0) is 43.4 Å². The first-order chi connectivity index (χ1) is 8.24. The second-order valence-corrected chi connectivity index (χ2v) is 5.21. The SMILES string of the molecule is Nc1ccc(CN(C(=O)C2CC2)C2CC2)cc1. The summed E-state index contributed by atoms with van der Waals surface area (Å²) in [6, 6.07) is 8.35. The van der Waals surface area contributed by atoms with Crippen LogP contribution in [0.25, 0.3) is 0 Å². The molecule has 3 rings (SSSR count). The third kappa shape index (κ3) is 2.43. The third-order valence-corrected chi connectivity index (χ3v) is 3.53. The van der Waals surface area contributed by atoms with Crippen LogP contribution in [0, 0.1) is 5.92 Å². The molecule has 0 aliphatic heterocycles. The molecule has 2 N–H and O–H groups in total. The van der Waals surface area contributed by atoms with E-state index in [9.17, 15) is 4.79 Å². The van der Waals surface area contributed by atoms with Gasteiger partial charge in [-0.1, -0.05) is 12.1 Å². The van der Waals surface area contributed by atoms with Gasteiger partial charge in [-0.2, -0.15) is 0 Å². The summed E-state index contributed by atoms with van der Waals surface area (Å²) in [7, 11) is 0. The minimum absolute atomic E-state index is 0.324. The van der Waals surface area contributed by atoms with Crippen molar-refractivity contribution >= 4 is 11.6 Å². The molecule has 2 saturated carbocycles. The molecule has 0 saturated heterocycles. The fourth-order valence-electron chi connectivity index (χ4n) is 2.16. The van der Waals surface area contributed by atoms with Crippen LogP contribution in [0.3, 0.4) is 0 Å². The van der Waals surface area contributed by atoms with Gasteiger partial charge in [-0.25, -0.2) is 0 Å². The lowest BCUT2D eigenvalue weighted by Crippen LogP contribution is -2.33. The molecule has 0 unspecified atom stereocenters. The van der Waals surface area contributed by atoms with Gasteiger partial charge in [0.05, 0.1) is 0 Å². The Kier molecular flexibility index (Phi) is 2.54. The Bertz CT molecular complexity index is 418. The number of nitrogens with two attached hydrogens (primary N) is 1. The van der Waals surface area contributed by atoms with Gasteiger partial charge in [0.1, 0.15) is 0 Å². The van der Waals surface area contributed by atoms with E-state index in [1.54, 1.807) is 0 Å². The van der Waals surface area contributed by atoms with E-state index in [1.165, 1.54) is 18.4 Å². The summed E-state index contributed by atoms with van der Waals surface area (Å²) in [6.07, 6.45) is 4.52. The van der Waals surface area contributed by atoms with Crippen LogP contribution < -0.4 is 5.73 Å². The van der Waals surface area contributed by atoms with Crippen LogP contribution in [-0.2, 0) is 11.3 Å². The summed E-state index contributed by atoms with van der Waals surface area (Å²) in [5, 5.41) is 0. The highest BCUT2D eigenvalue weighted by Crippen LogP contribution is 2.36. The molecule has 0 bridgehead atoms. The Hall–Kier alpha value is -1.51. The van der Waals surface area contributed by atoms with Crippen LogP contribution in [0.1, 0.15) is 31.2 Å². The number of benzene rings is 1. The molecule has 3 heteroatoms.